The monoisotopic (exact) mass is 264 g/mol. The lowest BCUT2D eigenvalue weighted by Gasteiger charge is -2.20. The SMILES string of the molecule is Fc1cccc2c1[nH]c(=S)n2C1CC2CCC1O2. The number of para-hydroxylation sites is 1. The standard InChI is InChI=1S/C13H13FN2OS/c14-8-2-1-3-9-12(8)15-13(18)16(9)10-6-7-4-5-11(10)17-7/h1-3,7,10-11H,4-6H2,(H,15,18). The second kappa shape index (κ2) is 3.65. The third kappa shape index (κ3) is 1.34. The highest BCUT2D eigenvalue weighted by molar-refractivity contribution is 7.71. The number of rotatable bonds is 1. The molecule has 0 amide bonds. The molecule has 0 saturated carbocycles. The van der Waals surface area contributed by atoms with Crippen molar-refractivity contribution in [3.63, 3.8) is 0 Å². The quantitative estimate of drug-likeness (QED) is 0.801. The van der Waals surface area contributed by atoms with Crippen LogP contribution >= 0.6 is 12.2 Å². The van der Waals surface area contributed by atoms with Gasteiger partial charge >= 0.3 is 0 Å². The molecule has 0 aliphatic carbocycles. The molecule has 1 aromatic heterocycles. The van der Waals surface area contributed by atoms with E-state index in [9.17, 15) is 4.39 Å². The van der Waals surface area contributed by atoms with Crippen LogP contribution in [-0.2, 0) is 4.74 Å². The van der Waals surface area contributed by atoms with Gasteiger partial charge in [0.2, 0.25) is 0 Å². The molecular formula is C13H13FN2OS. The first-order valence-corrected chi connectivity index (χ1v) is 6.69. The molecule has 3 unspecified atom stereocenters. The number of nitrogens with one attached hydrogen (secondary N) is 1. The third-order valence-electron chi connectivity index (χ3n) is 4.11. The van der Waals surface area contributed by atoms with Crippen molar-refractivity contribution in [1.29, 1.82) is 0 Å². The van der Waals surface area contributed by atoms with Gasteiger partial charge in [0.25, 0.3) is 0 Å². The van der Waals surface area contributed by atoms with Gasteiger partial charge in [-0.1, -0.05) is 6.07 Å². The van der Waals surface area contributed by atoms with Gasteiger partial charge in [-0.15, -0.1) is 0 Å². The first kappa shape index (κ1) is 10.7. The summed E-state index contributed by atoms with van der Waals surface area (Å²) in [5.41, 5.74) is 1.35. The Kier molecular flexibility index (Phi) is 2.17. The molecule has 2 aliphatic rings. The zero-order chi connectivity index (χ0) is 12.3. The van der Waals surface area contributed by atoms with Gasteiger partial charge in [-0.3, -0.25) is 0 Å². The largest absolute Gasteiger partial charge is 0.373 e. The first-order chi connectivity index (χ1) is 8.74. The van der Waals surface area contributed by atoms with Crippen LogP contribution in [0.25, 0.3) is 11.0 Å². The maximum Gasteiger partial charge on any atom is 0.178 e. The Labute approximate surface area is 109 Å². The summed E-state index contributed by atoms with van der Waals surface area (Å²) in [7, 11) is 0. The molecule has 2 aliphatic heterocycles. The number of imidazole rings is 1. The van der Waals surface area contributed by atoms with Crippen LogP contribution in [0.15, 0.2) is 18.2 Å². The van der Waals surface area contributed by atoms with E-state index in [1.165, 1.54) is 6.07 Å². The fourth-order valence-corrected chi connectivity index (χ4v) is 3.66. The maximum atomic E-state index is 13.7. The molecule has 3 heterocycles. The molecule has 94 valence electrons. The van der Waals surface area contributed by atoms with E-state index in [0.717, 1.165) is 24.8 Å². The average molecular weight is 264 g/mol. The van der Waals surface area contributed by atoms with Crippen LogP contribution in [0.2, 0.25) is 0 Å². The molecule has 2 aromatic rings. The van der Waals surface area contributed by atoms with Gasteiger partial charge in [0, 0.05) is 0 Å². The Morgan fingerprint density at radius 2 is 2.28 bits per heavy atom. The molecular weight excluding hydrogens is 251 g/mol. The van der Waals surface area contributed by atoms with Crippen LogP contribution in [0.5, 0.6) is 0 Å². The zero-order valence-corrected chi connectivity index (χ0v) is 10.5. The predicted molar refractivity (Wildman–Crippen MR) is 68.6 cm³/mol. The molecule has 5 heteroatoms. The fraction of sp³-hybridized carbons (Fsp3) is 0.462. The summed E-state index contributed by atoms with van der Waals surface area (Å²) in [4.78, 5) is 2.98. The topological polar surface area (TPSA) is 29.9 Å². The van der Waals surface area contributed by atoms with Crippen LogP contribution in [0.3, 0.4) is 0 Å². The second-order valence-electron chi connectivity index (χ2n) is 5.11. The number of H-pyrrole nitrogens is 1. The van der Waals surface area contributed by atoms with Crippen LogP contribution < -0.4 is 0 Å². The number of hydrogen-bond donors (Lipinski definition) is 1. The minimum absolute atomic E-state index is 0.240. The molecule has 4 rings (SSSR count). The number of benzene rings is 1. The maximum absolute atomic E-state index is 13.7. The smallest absolute Gasteiger partial charge is 0.178 e. The number of hydrogen-bond acceptors (Lipinski definition) is 2. The molecule has 2 bridgehead atoms. The normalized spacial score (nSPS) is 30.4. The van der Waals surface area contributed by atoms with Crippen molar-refractivity contribution in [3.05, 3.63) is 28.8 Å². The van der Waals surface area contributed by atoms with E-state index in [4.69, 9.17) is 17.0 Å². The van der Waals surface area contributed by atoms with Crippen LogP contribution in [-0.4, -0.2) is 21.8 Å². The summed E-state index contributed by atoms with van der Waals surface area (Å²) in [6, 6.07) is 5.35. The first-order valence-electron chi connectivity index (χ1n) is 6.28. The Morgan fingerprint density at radius 1 is 1.39 bits per heavy atom. The van der Waals surface area contributed by atoms with Crippen molar-refractivity contribution in [2.75, 3.05) is 0 Å². The van der Waals surface area contributed by atoms with Crippen molar-refractivity contribution >= 4 is 23.3 Å². The lowest BCUT2D eigenvalue weighted by molar-refractivity contribution is 0.0941. The molecule has 3 nitrogen and oxygen atoms in total. The summed E-state index contributed by atoms with van der Waals surface area (Å²) < 4.78 is 22.2. The van der Waals surface area contributed by atoms with E-state index in [-0.39, 0.29) is 18.0 Å². The van der Waals surface area contributed by atoms with E-state index < -0.39 is 0 Å². The highest BCUT2D eigenvalue weighted by atomic mass is 32.1. The lowest BCUT2D eigenvalue weighted by atomic mass is 9.95. The molecule has 3 atom stereocenters. The van der Waals surface area contributed by atoms with Crippen molar-refractivity contribution in [1.82, 2.24) is 9.55 Å². The van der Waals surface area contributed by atoms with Crippen molar-refractivity contribution in [2.24, 2.45) is 0 Å². The Hall–Kier alpha value is -1.20. The van der Waals surface area contributed by atoms with E-state index in [0.29, 0.717) is 16.4 Å². The van der Waals surface area contributed by atoms with E-state index in [1.807, 2.05) is 10.6 Å². The molecule has 1 N–H and O–H groups in total. The Morgan fingerprint density at radius 3 is 3.00 bits per heavy atom. The van der Waals surface area contributed by atoms with E-state index in [2.05, 4.69) is 4.98 Å². The average Bonchev–Trinajstić information content (AvgIpc) is 3.02. The molecule has 0 radical (unpaired) electrons. The summed E-state index contributed by atoms with van der Waals surface area (Å²) in [5.74, 6) is -0.249. The minimum Gasteiger partial charge on any atom is -0.373 e. The molecule has 0 spiro atoms. The van der Waals surface area contributed by atoms with Gasteiger partial charge < -0.3 is 14.3 Å². The van der Waals surface area contributed by atoms with Crippen LogP contribution in [0.4, 0.5) is 4.39 Å². The number of aromatic nitrogens is 2. The predicted octanol–water partition coefficient (Wildman–Crippen LogP) is 3.33. The zero-order valence-electron chi connectivity index (χ0n) is 9.73. The summed E-state index contributed by atoms with van der Waals surface area (Å²) in [6.07, 6.45) is 3.82. The van der Waals surface area contributed by atoms with Crippen molar-refractivity contribution in [2.45, 2.75) is 37.5 Å². The number of ether oxygens (including phenoxy) is 1. The van der Waals surface area contributed by atoms with Crippen LogP contribution in [0.1, 0.15) is 25.3 Å². The summed E-state index contributed by atoms with van der Waals surface area (Å²) in [6.45, 7) is 0. The third-order valence-corrected chi connectivity index (χ3v) is 4.41. The van der Waals surface area contributed by atoms with Gasteiger partial charge in [-0.25, -0.2) is 4.39 Å². The highest BCUT2D eigenvalue weighted by Gasteiger charge is 2.42. The van der Waals surface area contributed by atoms with Gasteiger partial charge in [0.15, 0.2) is 4.77 Å². The van der Waals surface area contributed by atoms with E-state index in [1.54, 1.807) is 6.07 Å². The number of halogens is 1. The van der Waals surface area contributed by atoms with Gasteiger partial charge in [-0.05, 0) is 43.6 Å². The number of aromatic amines is 1. The minimum atomic E-state index is -0.249. The van der Waals surface area contributed by atoms with Gasteiger partial charge in [-0.2, -0.15) is 0 Å². The number of nitrogens with zero attached hydrogens (tertiary/aromatic N) is 1. The van der Waals surface area contributed by atoms with Gasteiger partial charge in [0.05, 0.1) is 23.8 Å². The molecule has 2 fully saturated rings. The van der Waals surface area contributed by atoms with Gasteiger partial charge in [0.1, 0.15) is 11.3 Å². The Balaban J connectivity index is 1.92. The fourth-order valence-electron chi connectivity index (χ4n) is 3.33. The molecule has 1 aromatic carbocycles. The van der Waals surface area contributed by atoms with Crippen LogP contribution in [0, 0.1) is 10.6 Å². The molecule has 2 saturated heterocycles. The highest BCUT2D eigenvalue weighted by Crippen LogP contribution is 2.43. The lowest BCUT2D eigenvalue weighted by Crippen LogP contribution is -2.20. The molecule has 18 heavy (non-hydrogen) atoms. The Bertz CT molecular complexity index is 677. The number of fused-ring (bicyclic) bond motifs is 3. The van der Waals surface area contributed by atoms with Crippen molar-refractivity contribution < 1.29 is 9.13 Å². The van der Waals surface area contributed by atoms with Crippen molar-refractivity contribution in [3.8, 4) is 0 Å². The van der Waals surface area contributed by atoms with E-state index >= 15 is 0 Å². The second-order valence-corrected chi connectivity index (χ2v) is 5.50. The summed E-state index contributed by atoms with van der Waals surface area (Å²) in [5, 5.41) is 0. The summed E-state index contributed by atoms with van der Waals surface area (Å²) >= 11 is 5.35.